The number of fused-ring (bicyclic) bond motifs is 1. The van der Waals surface area contributed by atoms with Gasteiger partial charge >= 0.3 is 6.09 Å². The van der Waals surface area contributed by atoms with Gasteiger partial charge in [-0.25, -0.2) is 4.79 Å². The molecule has 0 spiro atoms. The Balaban J connectivity index is 1.63. The predicted octanol–water partition coefficient (Wildman–Crippen LogP) is 0.397. The van der Waals surface area contributed by atoms with Crippen LogP contribution in [0.15, 0.2) is 0 Å². The highest BCUT2D eigenvalue weighted by Gasteiger charge is 2.29. The molecule has 8 nitrogen and oxygen atoms in total. The molecule has 1 aromatic heterocycles. The third-order valence-corrected chi connectivity index (χ3v) is 3.99. The van der Waals surface area contributed by atoms with Crippen molar-refractivity contribution in [2.24, 2.45) is 0 Å². The van der Waals surface area contributed by atoms with Gasteiger partial charge in [0.05, 0.1) is 19.8 Å². The molecule has 0 aromatic carbocycles. The second-order valence-corrected chi connectivity index (χ2v) is 5.31. The summed E-state index contributed by atoms with van der Waals surface area (Å²) in [6.45, 7) is 5.15. The van der Waals surface area contributed by atoms with E-state index in [1.165, 1.54) is 0 Å². The summed E-state index contributed by atoms with van der Waals surface area (Å²) in [5.41, 5.74) is 2.29. The summed E-state index contributed by atoms with van der Waals surface area (Å²) in [6.07, 6.45) is 0.437. The van der Waals surface area contributed by atoms with Gasteiger partial charge in [-0.15, -0.1) is 0 Å². The zero-order valence-electron chi connectivity index (χ0n) is 12.6. The van der Waals surface area contributed by atoms with Crippen molar-refractivity contribution in [1.82, 2.24) is 20.0 Å². The fourth-order valence-corrected chi connectivity index (χ4v) is 2.75. The van der Waals surface area contributed by atoms with E-state index in [1.54, 1.807) is 16.7 Å². The maximum Gasteiger partial charge on any atom is 0.409 e. The summed E-state index contributed by atoms with van der Waals surface area (Å²) in [6, 6.07) is 0. The van der Waals surface area contributed by atoms with Gasteiger partial charge in [0.1, 0.15) is 0 Å². The maximum absolute atomic E-state index is 12.6. The highest BCUT2D eigenvalue weighted by molar-refractivity contribution is 5.94. The van der Waals surface area contributed by atoms with Crippen LogP contribution in [0, 0.1) is 0 Å². The first-order chi connectivity index (χ1) is 10.7. The molecule has 3 heterocycles. The number of carbonyl (C=O) groups excluding carboxylic acids is 2. The molecule has 2 aliphatic heterocycles. The normalized spacial score (nSPS) is 18.0. The molecule has 1 N–H and O–H groups in total. The van der Waals surface area contributed by atoms with Gasteiger partial charge in [0.2, 0.25) is 0 Å². The summed E-state index contributed by atoms with van der Waals surface area (Å²) in [4.78, 5) is 27.6. The summed E-state index contributed by atoms with van der Waals surface area (Å²) >= 11 is 0. The standard InChI is InChI=1S/C14H20N4O4/c1-2-22-14(20)18-6-4-17(5-7-18)13(19)12-10-9-21-8-3-11(10)15-16-12/h2-9H2,1H3,(H,15,16). The average Bonchev–Trinajstić information content (AvgIpc) is 2.98. The number of carbonyl (C=O) groups is 2. The third kappa shape index (κ3) is 2.78. The minimum atomic E-state index is -0.319. The number of hydrogen-bond acceptors (Lipinski definition) is 5. The van der Waals surface area contributed by atoms with Crippen molar-refractivity contribution in [3.05, 3.63) is 17.0 Å². The lowest BCUT2D eigenvalue weighted by atomic mass is 10.1. The largest absolute Gasteiger partial charge is 0.450 e. The predicted molar refractivity (Wildman–Crippen MR) is 76.4 cm³/mol. The first-order valence-electron chi connectivity index (χ1n) is 7.55. The number of hydrogen-bond donors (Lipinski definition) is 1. The lowest BCUT2D eigenvalue weighted by Crippen LogP contribution is -2.51. The van der Waals surface area contributed by atoms with Crippen LogP contribution in [0.3, 0.4) is 0 Å². The molecule has 0 atom stereocenters. The Morgan fingerprint density at radius 1 is 1.27 bits per heavy atom. The Morgan fingerprint density at radius 2 is 2.00 bits per heavy atom. The van der Waals surface area contributed by atoms with Crippen LogP contribution >= 0.6 is 0 Å². The van der Waals surface area contributed by atoms with Crippen molar-refractivity contribution in [2.75, 3.05) is 39.4 Å². The van der Waals surface area contributed by atoms with Gasteiger partial charge in [-0.3, -0.25) is 9.89 Å². The first-order valence-corrected chi connectivity index (χ1v) is 7.55. The number of ether oxygens (including phenoxy) is 2. The molecule has 120 valence electrons. The first kappa shape index (κ1) is 14.8. The molecule has 1 fully saturated rings. The van der Waals surface area contributed by atoms with Crippen LogP contribution in [-0.4, -0.2) is 71.4 Å². The molecule has 0 bridgehead atoms. The molecule has 0 radical (unpaired) electrons. The molecule has 2 aliphatic rings. The third-order valence-electron chi connectivity index (χ3n) is 3.99. The zero-order valence-corrected chi connectivity index (χ0v) is 12.6. The highest BCUT2D eigenvalue weighted by atomic mass is 16.6. The molecule has 0 saturated carbocycles. The van der Waals surface area contributed by atoms with Crippen LogP contribution in [0.2, 0.25) is 0 Å². The number of piperazine rings is 1. The molecule has 1 saturated heterocycles. The van der Waals surface area contributed by atoms with Crippen molar-refractivity contribution < 1.29 is 19.1 Å². The molecule has 2 amide bonds. The minimum Gasteiger partial charge on any atom is -0.450 e. The second kappa shape index (κ2) is 6.35. The number of rotatable bonds is 2. The monoisotopic (exact) mass is 308 g/mol. The van der Waals surface area contributed by atoms with Crippen molar-refractivity contribution in [1.29, 1.82) is 0 Å². The maximum atomic E-state index is 12.6. The lowest BCUT2D eigenvalue weighted by molar-refractivity contribution is 0.0559. The second-order valence-electron chi connectivity index (χ2n) is 5.31. The SMILES string of the molecule is CCOC(=O)N1CCN(C(=O)c2n[nH]c3c2COCC3)CC1. The average molecular weight is 308 g/mol. The van der Waals surface area contributed by atoms with E-state index in [0.717, 1.165) is 17.7 Å². The number of amides is 2. The molecule has 8 heteroatoms. The van der Waals surface area contributed by atoms with E-state index in [0.29, 0.717) is 51.7 Å². The van der Waals surface area contributed by atoms with Crippen LogP contribution in [0.5, 0.6) is 0 Å². The molecule has 0 aliphatic carbocycles. The van der Waals surface area contributed by atoms with E-state index >= 15 is 0 Å². The highest BCUT2D eigenvalue weighted by Crippen LogP contribution is 2.20. The van der Waals surface area contributed by atoms with E-state index in [4.69, 9.17) is 9.47 Å². The Bertz CT molecular complexity index is 563. The Labute approximate surface area is 128 Å². The van der Waals surface area contributed by atoms with Gasteiger partial charge < -0.3 is 19.3 Å². The van der Waals surface area contributed by atoms with Crippen LogP contribution in [0.4, 0.5) is 4.79 Å². The Kier molecular flexibility index (Phi) is 4.28. The molecular weight excluding hydrogens is 288 g/mol. The lowest BCUT2D eigenvalue weighted by Gasteiger charge is -2.33. The molecule has 22 heavy (non-hydrogen) atoms. The van der Waals surface area contributed by atoms with Gasteiger partial charge in [-0.05, 0) is 6.92 Å². The summed E-state index contributed by atoms with van der Waals surface area (Å²) in [7, 11) is 0. The number of aromatic amines is 1. The smallest absolute Gasteiger partial charge is 0.409 e. The van der Waals surface area contributed by atoms with Gasteiger partial charge in [-0.2, -0.15) is 5.10 Å². The molecule has 0 unspecified atom stereocenters. The number of H-pyrrole nitrogens is 1. The zero-order chi connectivity index (χ0) is 15.5. The summed E-state index contributed by atoms with van der Waals surface area (Å²) in [5, 5.41) is 7.08. The minimum absolute atomic E-state index is 0.105. The number of nitrogens with one attached hydrogen (secondary N) is 1. The van der Waals surface area contributed by atoms with E-state index in [-0.39, 0.29) is 12.0 Å². The molecule has 1 aromatic rings. The molecular formula is C14H20N4O4. The van der Waals surface area contributed by atoms with E-state index in [1.807, 2.05) is 0 Å². The Hall–Kier alpha value is -2.09. The molecule has 3 rings (SSSR count). The van der Waals surface area contributed by atoms with Gasteiger partial charge in [-0.1, -0.05) is 0 Å². The van der Waals surface area contributed by atoms with Gasteiger partial charge in [0.15, 0.2) is 5.69 Å². The van der Waals surface area contributed by atoms with Crippen LogP contribution in [-0.2, 0) is 22.5 Å². The fourth-order valence-electron chi connectivity index (χ4n) is 2.75. The van der Waals surface area contributed by atoms with E-state index < -0.39 is 0 Å². The quantitative estimate of drug-likeness (QED) is 0.854. The van der Waals surface area contributed by atoms with Crippen molar-refractivity contribution in [2.45, 2.75) is 20.0 Å². The van der Waals surface area contributed by atoms with Crippen LogP contribution in [0.1, 0.15) is 28.7 Å². The number of nitrogens with zero attached hydrogens (tertiary/aromatic N) is 3. The van der Waals surface area contributed by atoms with Crippen molar-refractivity contribution >= 4 is 12.0 Å². The van der Waals surface area contributed by atoms with Crippen LogP contribution in [0.25, 0.3) is 0 Å². The summed E-state index contributed by atoms with van der Waals surface area (Å²) in [5.74, 6) is -0.105. The fraction of sp³-hybridized carbons (Fsp3) is 0.643. The summed E-state index contributed by atoms with van der Waals surface area (Å²) < 4.78 is 10.4. The topological polar surface area (TPSA) is 87.8 Å². The van der Waals surface area contributed by atoms with Crippen LogP contribution < -0.4 is 0 Å². The number of aromatic nitrogens is 2. The Morgan fingerprint density at radius 3 is 2.73 bits per heavy atom. The van der Waals surface area contributed by atoms with E-state index in [9.17, 15) is 9.59 Å². The van der Waals surface area contributed by atoms with Crippen molar-refractivity contribution in [3.63, 3.8) is 0 Å². The van der Waals surface area contributed by atoms with Crippen molar-refractivity contribution in [3.8, 4) is 0 Å². The van der Waals surface area contributed by atoms with Gasteiger partial charge in [0, 0.05) is 43.9 Å². The van der Waals surface area contributed by atoms with Gasteiger partial charge in [0.25, 0.3) is 5.91 Å². The van der Waals surface area contributed by atoms with E-state index in [2.05, 4.69) is 10.2 Å².